The first-order valence-electron chi connectivity index (χ1n) is 7.51. The van der Waals surface area contributed by atoms with Crippen molar-refractivity contribution in [3.8, 4) is 11.5 Å². The maximum Gasteiger partial charge on any atom is 0.124 e. The van der Waals surface area contributed by atoms with Crippen LogP contribution in [0.5, 0.6) is 11.5 Å². The van der Waals surface area contributed by atoms with Crippen molar-refractivity contribution in [2.75, 3.05) is 33.9 Å². The van der Waals surface area contributed by atoms with E-state index < -0.39 is 0 Å². The fourth-order valence-electron chi connectivity index (χ4n) is 3.26. The molecule has 1 N–H and O–H groups in total. The number of ether oxygens (including phenoxy) is 2. The topological polar surface area (TPSA) is 33.7 Å². The van der Waals surface area contributed by atoms with Crippen molar-refractivity contribution in [3.05, 3.63) is 23.8 Å². The molecule has 2 atom stereocenters. The number of nitrogens with one attached hydrogen (secondary N) is 1. The highest BCUT2D eigenvalue weighted by Gasteiger charge is 2.26. The van der Waals surface area contributed by atoms with Gasteiger partial charge >= 0.3 is 0 Å². The second-order valence-corrected chi connectivity index (χ2v) is 5.86. The van der Waals surface area contributed by atoms with Gasteiger partial charge in [0.1, 0.15) is 11.5 Å². The Morgan fingerprint density at radius 3 is 3.05 bits per heavy atom. The Hall–Kier alpha value is -1.26. The monoisotopic (exact) mass is 276 g/mol. The molecule has 1 saturated heterocycles. The molecule has 4 heteroatoms. The predicted octanol–water partition coefficient (Wildman–Crippen LogP) is 2.20. The van der Waals surface area contributed by atoms with Crippen LogP contribution in [-0.2, 0) is 0 Å². The molecular formula is C16H24N2O2. The van der Waals surface area contributed by atoms with E-state index in [0.29, 0.717) is 12.1 Å². The van der Waals surface area contributed by atoms with Gasteiger partial charge in [0, 0.05) is 30.6 Å². The Labute approximate surface area is 121 Å². The number of benzene rings is 1. The molecule has 20 heavy (non-hydrogen) atoms. The first kappa shape index (κ1) is 13.7. The summed E-state index contributed by atoms with van der Waals surface area (Å²) in [5.41, 5.74) is 1.24. The van der Waals surface area contributed by atoms with Crippen molar-refractivity contribution in [2.45, 2.75) is 31.3 Å². The molecule has 3 rings (SSSR count). The van der Waals surface area contributed by atoms with E-state index in [2.05, 4.69) is 23.3 Å². The van der Waals surface area contributed by atoms with Crippen LogP contribution >= 0.6 is 0 Å². The minimum atomic E-state index is 0.380. The number of piperidine rings is 1. The van der Waals surface area contributed by atoms with Gasteiger partial charge in [-0.05, 0) is 44.6 Å². The lowest BCUT2D eigenvalue weighted by molar-refractivity contribution is 0.193. The summed E-state index contributed by atoms with van der Waals surface area (Å²) in [5.74, 6) is 1.90. The maximum absolute atomic E-state index is 5.76. The lowest BCUT2D eigenvalue weighted by Crippen LogP contribution is -2.46. The summed E-state index contributed by atoms with van der Waals surface area (Å²) in [6.45, 7) is 3.15. The summed E-state index contributed by atoms with van der Waals surface area (Å²) in [6.07, 6.45) is 3.57. The van der Waals surface area contributed by atoms with E-state index in [1.54, 1.807) is 7.11 Å². The van der Waals surface area contributed by atoms with Gasteiger partial charge in [-0.25, -0.2) is 0 Å². The number of fused-ring (bicyclic) bond motifs is 1. The molecule has 0 aliphatic carbocycles. The quantitative estimate of drug-likeness (QED) is 0.917. The molecule has 0 radical (unpaired) electrons. The van der Waals surface area contributed by atoms with Gasteiger partial charge in [0.05, 0.1) is 13.7 Å². The second-order valence-electron chi connectivity index (χ2n) is 5.86. The molecule has 1 aromatic rings. The summed E-state index contributed by atoms with van der Waals surface area (Å²) in [4.78, 5) is 2.41. The van der Waals surface area contributed by atoms with Crippen LogP contribution in [0.25, 0.3) is 0 Å². The van der Waals surface area contributed by atoms with Crippen molar-refractivity contribution in [2.24, 2.45) is 0 Å². The summed E-state index contributed by atoms with van der Waals surface area (Å²) in [5, 5.41) is 3.82. The Balaban J connectivity index is 1.75. The molecule has 0 aromatic heterocycles. The molecule has 110 valence electrons. The summed E-state index contributed by atoms with van der Waals surface area (Å²) in [6, 6.07) is 7.06. The first-order chi connectivity index (χ1) is 9.76. The number of methoxy groups -OCH3 is 1. The van der Waals surface area contributed by atoms with E-state index in [-0.39, 0.29) is 0 Å². The third kappa shape index (κ3) is 2.91. The van der Waals surface area contributed by atoms with Crippen LogP contribution in [0.4, 0.5) is 0 Å². The van der Waals surface area contributed by atoms with Gasteiger partial charge < -0.3 is 19.7 Å². The van der Waals surface area contributed by atoms with E-state index in [1.165, 1.54) is 24.9 Å². The normalized spacial score (nSPS) is 26.7. The third-order valence-electron chi connectivity index (χ3n) is 4.32. The summed E-state index contributed by atoms with van der Waals surface area (Å²) >= 11 is 0. The molecule has 2 unspecified atom stereocenters. The van der Waals surface area contributed by atoms with Crippen LogP contribution in [0, 0.1) is 0 Å². The van der Waals surface area contributed by atoms with E-state index >= 15 is 0 Å². The lowest BCUT2D eigenvalue weighted by Gasteiger charge is -2.35. The van der Waals surface area contributed by atoms with E-state index in [9.17, 15) is 0 Å². The average Bonchev–Trinajstić information content (AvgIpc) is 2.47. The van der Waals surface area contributed by atoms with Crippen LogP contribution in [0.3, 0.4) is 0 Å². The fourth-order valence-corrected chi connectivity index (χ4v) is 3.26. The van der Waals surface area contributed by atoms with Crippen LogP contribution in [0.2, 0.25) is 0 Å². The van der Waals surface area contributed by atoms with Gasteiger partial charge in [-0.1, -0.05) is 0 Å². The largest absolute Gasteiger partial charge is 0.497 e. The predicted molar refractivity (Wildman–Crippen MR) is 79.5 cm³/mol. The zero-order valence-corrected chi connectivity index (χ0v) is 12.4. The molecule has 2 aliphatic rings. The average molecular weight is 276 g/mol. The van der Waals surface area contributed by atoms with Crippen molar-refractivity contribution in [1.29, 1.82) is 0 Å². The van der Waals surface area contributed by atoms with Crippen LogP contribution in [0.15, 0.2) is 18.2 Å². The molecule has 0 saturated carbocycles. The molecule has 1 aromatic carbocycles. The van der Waals surface area contributed by atoms with Crippen LogP contribution in [-0.4, -0.2) is 44.8 Å². The third-order valence-corrected chi connectivity index (χ3v) is 4.32. The number of hydrogen-bond acceptors (Lipinski definition) is 4. The Morgan fingerprint density at radius 1 is 1.35 bits per heavy atom. The number of nitrogens with zero attached hydrogens (tertiary/aromatic N) is 1. The van der Waals surface area contributed by atoms with Gasteiger partial charge in [-0.3, -0.25) is 0 Å². The van der Waals surface area contributed by atoms with Crippen molar-refractivity contribution in [3.63, 3.8) is 0 Å². The first-order valence-corrected chi connectivity index (χ1v) is 7.51. The minimum absolute atomic E-state index is 0.380. The van der Waals surface area contributed by atoms with Gasteiger partial charge in [0.2, 0.25) is 0 Å². The molecule has 0 amide bonds. The number of likely N-dealkylation sites (N-methyl/N-ethyl adjacent to an activating group) is 1. The van der Waals surface area contributed by atoms with E-state index in [4.69, 9.17) is 9.47 Å². The summed E-state index contributed by atoms with van der Waals surface area (Å²) in [7, 11) is 3.92. The SMILES string of the molecule is COc1ccc2c(c1)C(NC1CCCN(C)C1)CCO2. The minimum Gasteiger partial charge on any atom is -0.497 e. The van der Waals surface area contributed by atoms with Gasteiger partial charge in [-0.15, -0.1) is 0 Å². The Kier molecular flexibility index (Phi) is 4.13. The van der Waals surface area contributed by atoms with Gasteiger partial charge in [-0.2, -0.15) is 0 Å². The zero-order chi connectivity index (χ0) is 13.9. The maximum atomic E-state index is 5.76. The highest BCUT2D eigenvalue weighted by atomic mass is 16.5. The van der Waals surface area contributed by atoms with E-state index in [0.717, 1.165) is 31.1 Å². The molecule has 2 aliphatic heterocycles. The molecule has 0 bridgehead atoms. The fraction of sp³-hybridized carbons (Fsp3) is 0.625. The lowest BCUT2D eigenvalue weighted by atomic mass is 9.97. The second kappa shape index (κ2) is 6.02. The van der Waals surface area contributed by atoms with Crippen molar-refractivity contribution < 1.29 is 9.47 Å². The van der Waals surface area contributed by atoms with E-state index in [1.807, 2.05) is 12.1 Å². The zero-order valence-electron chi connectivity index (χ0n) is 12.4. The highest BCUT2D eigenvalue weighted by molar-refractivity contribution is 5.43. The van der Waals surface area contributed by atoms with Crippen LogP contribution < -0.4 is 14.8 Å². The van der Waals surface area contributed by atoms with Crippen molar-refractivity contribution in [1.82, 2.24) is 10.2 Å². The number of rotatable bonds is 3. The standard InChI is InChI=1S/C16H24N2O2/c1-18-8-3-4-12(11-18)17-15-7-9-20-16-6-5-13(19-2)10-14(15)16/h5-6,10,12,15,17H,3-4,7-9,11H2,1-2H3. The van der Waals surface area contributed by atoms with Crippen LogP contribution in [0.1, 0.15) is 30.9 Å². The summed E-state index contributed by atoms with van der Waals surface area (Å²) < 4.78 is 11.1. The molecule has 4 nitrogen and oxygen atoms in total. The van der Waals surface area contributed by atoms with Gasteiger partial charge in [0.25, 0.3) is 0 Å². The molecule has 1 fully saturated rings. The smallest absolute Gasteiger partial charge is 0.124 e. The van der Waals surface area contributed by atoms with Gasteiger partial charge in [0.15, 0.2) is 0 Å². The highest BCUT2D eigenvalue weighted by Crippen LogP contribution is 2.35. The van der Waals surface area contributed by atoms with Crippen molar-refractivity contribution >= 4 is 0 Å². The Morgan fingerprint density at radius 2 is 2.25 bits per heavy atom. The molecule has 0 spiro atoms. The number of likely N-dealkylation sites (tertiary alicyclic amines) is 1. The molecular weight excluding hydrogens is 252 g/mol. The molecule has 2 heterocycles. The number of hydrogen-bond donors (Lipinski definition) is 1. The Bertz CT molecular complexity index is 464.